The Morgan fingerprint density at radius 3 is 2.27 bits per heavy atom. The molecule has 1 amide bonds. The molecule has 6 N–H and O–H groups in total. The maximum Gasteiger partial charge on any atom is 0.270 e. The zero-order chi connectivity index (χ0) is 37.8. The fourth-order valence-electron chi connectivity index (χ4n) is 5.40. The topological polar surface area (TPSA) is 116 Å². The Morgan fingerprint density at radius 2 is 1.65 bits per heavy atom. The van der Waals surface area contributed by atoms with Crippen molar-refractivity contribution < 1.29 is 4.79 Å². The van der Waals surface area contributed by atoms with Crippen LogP contribution in [0.3, 0.4) is 0 Å². The normalized spacial score (nSPS) is 14.2. The third-order valence-corrected chi connectivity index (χ3v) is 8.92. The number of aryl methyl sites for hydroxylation is 1. The van der Waals surface area contributed by atoms with Crippen LogP contribution in [0.25, 0.3) is 5.70 Å². The van der Waals surface area contributed by atoms with Crippen LogP contribution in [0.4, 0.5) is 0 Å². The van der Waals surface area contributed by atoms with Gasteiger partial charge in [-0.05, 0) is 92.8 Å². The number of hydrogen-bond acceptors (Lipinski definition) is 7. The minimum atomic E-state index is -0.309. The Labute approximate surface area is 305 Å². The quantitative estimate of drug-likeness (QED) is 0.0754. The van der Waals surface area contributed by atoms with Crippen LogP contribution in [-0.4, -0.2) is 18.3 Å². The van der Waals surface area contributed by atoms with Crippen LogP contribution in [0.5, 0.6) is 0 Å². The molecule has 2 aromatic carbocycles. The number of nitrogens with one attached hydrogen (secondary N) is 4. The van der Waals surface area contributed by atoms with Crippen molar-refractivity contribution in [1.29, 1.82) is 0 Å². The van der Waals surface area contributed by atoms with Gasteiger partial charge in [0.05, 0.1) is 28.8 Å². The van der Waals surface area contributed by atoms with E-state index in [1.807, 2.05) is 46.8 Å². The molecule has 0 aromatic heterocycles. The number of nitrogens with zero attached hydrogens (tertiary/aromatic N) is 2. The largest absolute Gasteiger partial charge is 0.397 e. The number of aliphatic imine (C=N–C) groups is 2. The van der Waals surface area contributed by atoms with Crippen molar-refractivity contribution in [2.45, 2.75) is 79.9 Å². The summed E-state index contributed by atoms with van der Waals surface area (Å²) >= 11 is 0. The van der Waals surface area contributed by atoms with Crippen LogP contribution < -0.4 is 27.0 Å². The summed E-state index contributed by atoms with van der Waals surface area (Å²) in [7, 11) is 0. The number of carbonyl (C=O) groups excluding carboxylic acids is 1. The van der Waals surface area contributed by atoms with Gasteiger partial charge < -0.3 is 27.0 Å². The molecule has 1 unspecified atom stereocenters. The van der Waals surface area contributed by atoms with E-state index >= 15 is 0 Å². The number of nitrogens with two attached hydrogens (primary N) is 1. The SMILES string of the molecule is C=N/C(C)=C(C)/N=C(\C=C(/C)C(=C)NCc1cccc(CNC2=C(N)C(=C)C2=C)c1)C(=O)NC(C)c1ccc(C(=C)NC(=C)CC)cc1CCC. The van der Waals surface area contributed by atoms with E-state index in [9.17, 15) is 4.79 Å². The van der Waals surface area contributed by atoms with E-state index in [1.54, 1.807) is 6.08 Å². The lowest BCUT2D eigenvalue weighted by Gasteiger charge is -2.27. The summed E-state index contributed by atoms with van der Waals surface area (Å²) in [5, 5.41) is 13.2. The third-order valence-electron chi connectivity index (χ3n) is 8.92. The van der Waals surface area contributed by atoms with E-state index in [1.165, 1.54) is 0 Å². The maximum atomic E-state index is 13.9. The Hall–Kier alpha value is -5.63. The molecule has 0 saturated heterocycles. The van der Waals surface area contributed by atoms with Crippen LogP contribution in [-0.2, 0) is 24.3 Å². The van der Waals surface area contributed by atoms with Crippen molar-refractivity contribution >= 4 is 24.0 Å². The zero-order valence-electron chi connectivity index (χ0n) is 31.4. The van der Waals surface area contributed by atoms with Gasteiger partial charge in [0.2, 0.25) is 0 Å². The Kier molecular flexibility index (Phi) is 14.4. The lowest BCUT2D eigenvalue weighted by atomic mass is 9.90. The van der Waals surface area contributed by atoms with Gasteiger partial charge in [-0.15, -0.1) is 0 Å². The molecule has 0 heterocycles. The molecular formula is C43H55N7O. The van der Waals surface area contributed by atoms with Gasteiger partial charge in [-0.3, -0.25) is 9.79 Å². The molecule has 1 aliphatic carbocycles. The predicted octanol–water partition coefficient (Wildman–Crippen LogP) is 8.33. The molecule has 8 nitrogen and oxygen atoms in total. The second-order valence-electron chi connectivity index (χ2n) is 12.8. The summed E-state index contributed by atoms with van der Waals surface area (Å²) in [6.07, 6.45) is 4.39. The highest BCUT2D eigenvalue weighted by atomic mass is 16.1. The van der Waals surface area contributed by atoms with Crippen molar-refractivity contribution in [3.05, 3.63) is 160 Å². The summed E-state index contributed by atoms with van der Waals surface area (Å²) in [5.41, 5.74) is 19.2. The Morgan fingerprint density at radius 1 is 0.961 bits per heavy atom. The standard InChI is InChI=1S/C43H55N7O/c1-13-16-38-23-37(33(10)48-27(4)14-2)19-20-39(38)34(11)50-43(51)40(49-32(9)31(8)45-12)21-26(3)30(7)46-24-35-17-15-18-36(22-35)25-47-42-29(6)28(5)41(42)44/h15,17-23,34,46-48H,4-7,10,12-14,16,24-25,44H2,1-3,8-9,11H3,(H,50,51)/b26-21+,32-31+,49-40+. The average Bonchev–Trinajstić information content (AvgIpc) is 3.12. The second-order valence-corrected chi connectivity index (χ2v) is 12.8. The highest BCUT2D eigenvalue weighted by Crippen LogP contribution is 2.32. The van der Waals surface area contributed by atoms with Gasteiger partial charge in [0, 0.05) is 41.3 Å². The summed E-state index contributed by atoms with van der Waals surface area (Å²) in [6.45, 7) is 36.9. The highest BCUT2D eigenvalue weighted by molar-refractivity contribution is 6.43. The summed E-state index contributed by atoms with van der Waals surface area (Å²) < 4.78 is 0. The van der Waals surface area contributed by atoms with Crippen molar-refractivity contribution in [2.24, 2.45) is 15.7 Å². The van der Waals surface area contributed by atoms with E-state index in [0.29, 0.717) is 35.9 Å². The van der Waals surface area contributed by atoms with Crippen molar-refractivity contribution in [3.63, 3.8) is 0 Å². The van der Waals surface area contributed by atoms with Crippen LogP contribution in [0.15, 0.2) is 142 Å². The number of hydrogen-bond donors (Lipinski definition) is 5. The fourth-order valence-corrected chi connectivity index (χ4v) is 5.40. The fraction of sp³-hybridized carbons (Fsp3) is 0.279. The van der Waals surface area contributed by atoms with E-state index in [4.69, 9.17) is 5.73 Å². The van der Waals surface area contributed by atoms with E-state index < -0.39 is 0 Å². The van der Waals surface area contributed by atoms with Crippen LogP contribution in [0.1, 0.15) is 88.2 Å². The Bertz CT molecular complexity index is 1870. The predicted molar refractivity (Wildman–Crippen MR) is 216 cm³/mol. The van der Waals surface area contributed by atoms with Gasteiger partial charge in [0.1, 0.15) is 5.71 Å². The van der Waals surface area contributed by atoms with Gasteiger partial charge in [-0.1, -0.05) is 89.6 Å². The lowest BCUT2D eigenvalue weighted by molar-refractivity contribution is -0.115. The third kappa shape index (κ3) is 10.7. The van der Waals surface area contributed by atoms with Gasteiger partial charge in [0.15, 0.2) is 0 Å². The van der Waals surface area contributed by atoms with E-state index in [0.717, 1.165) is 80.9 Å². The first kappa shape index (κ1) is 39.8. The molecule has 1 aliphatic rings. The monoisotopic (exact) mass is 685 g/mol. The second kappa shape index (κ2) is 18.4. The first-order valence-corrected chi connectivity index (χ1v) is 17.3. The summed E-state index contributed by atoms with van der Waals surface area (Å²) in [6, 6.07) is 14.2. The first-order chi connectivity index (χ1) is 24.2. The van der Waals surface area contributed by atoms with Crippen LogP contribution >= 0.6 is 0 Å². The van der Waals surface area contributed by atoms with Crippen LogP contribution in [0, 0.1) is 0 Å². The molecule has 3 rings (SSSR count). The molecule has 0 aliphatic heterocycles. The number of amides is 1. The molecule has 2 aromatic rings. The van der Waals surface area contributed by atoms with Crippen molar-refractivity contribution in [3.8, 4) is 0 Å². The van der Waals surface area contributed by atoms with Gasteiger partial charge >= 0.3 is 0 Å². The van der Waals surface area contributed by atoms with Crippen molar-refractivity contribution in [1.82, 2.24) is 21.3 Å². The minimum absolute atomic E-state index is 0.244. The zero-order valence-corrected chi connectivity index (χ0v) is 31.4. The summed E-state index contributed by atoms with van der Waals surface area (Å²) in [4.78, 5) is 22.6. The smallest absolute Gasteiger partial charge is 0.270 e. The minimum Gasteiger partial charge on any atom is -0.397 e. The average molecular weight is 686 g/mol. The molecule has 0 radical (unpaired) electrons. The highest BCUT2D eigenvalue weighted by Gasteiger charge is 2.23. The Balaban J connectivity index is 1.78. The molecule has 0 fully saturated rings. The lowest BCUT2D eigenvalue weighted by Crippen LogP contribution is -2.33. The molecule has 0 bridgehead atoms. The molecule has 268 valence electrons. The number of carbonyl (C=O) groups is 1. The van der Waals surface area contributed by atoms with Gasteiger partial charge in [0.25, 0.3) is 5.91 Å². The van der Waals surface area contributed by atoms with E-state index in [2.05, 4.69) is 108 Å². The maximum absolute atomic E-state index is 13.9. The van der Waals surface area contributed by atoms with Gasteiger partial charge in [-0.2, -0.15) is 0 Å². The van der Waals surface area contributed by atoms with E-state index in [-0.39, 0.29) is 17.7 Å². The molecule has 51 heavy (non-hydrogen) atoms. The molecular weight excluding hydrogens is 631 g/mol. The molecule has 0 saturated carbocycles. The molecule has 1 atom stereocenters. The molecule has 0 spiro atoms. The number of rotatable bonds is 19. The van der Waals surface area contributed by atoms with Gasteiger partial charge in [-0.25, -0.2) is 4.99 Å². The number of benzene rings is 2. The first-order valence-electron chi connectivity index (χ1n) is 17.3. The molecule has 8 heteroatoms. The number of allylic oxidation sites excluding steroid dienone is 6. The van der Waals surface area contributed by atoms with Crippen LogP contribution in [0.2, 0.25) is 0 Å². The summed E-state index contributed by atoms with van der Waals surface area (Å²) in [5.74, 6) is -0.309. The van der Waals surface area contributed by atoms with Crippen molar-refractivity contribution in [2.75, 3.05) is 0 Å².